The van der Waals surface area contributed by atoms with Crippen molar-refractivity contribution in [1.29, 1.82) is 0 Å². The molecule has 0 aromatic carbocycles. The van der Waals surface area contributed by atoms with Crippen LogP contribution in [0.4, 0.5) is 0 Å². The average Bonchev–Trinajstić information content (AvgIpc) is 2.65. The second-order valence-corrected chi connectivity index (χ2v) is 8.83. The van der Waals surface area contributed by atoms with Crippen molar-refractivity contribution in [3.63, 3.8) is 0 Å². The highest BCUT2D eigenvalue weighted by atomic mass is 32.2. The summed E-state index contributed by atoms with van der Waals surface area (Å²) in [6.45, 7) is 6.63. The molecule has 1 aromatic heterocycles. The van der Waals surface area contributed by atoms with Gasteiger partial charge in [-0.05, 0) is 25.8 Å². The molecular formula is C19H31N3O4S. The molecule has 1 aliphatic carbocycles. The first kappa shape index (κ1) is 21.6. The molecule has 1 heterocycles. The predicted octanol–water partition coefficient (Wildman–Crippen LogP) is 2.06. The summed E-state index contributed by atoms with van der Waals surface area (Å²) in [6.07, 6.45) is 6.71. The van der Waals surface area contributed by atoms with Crippen molar-refractivity contribution in [1.82, 2.24) is 13.8 Å². The van der Waals surface area contributed by atoms with Crippen molar-refractivity contribution < 1.29 is 13.2 Å². The van der Waals surface area contributed by atoms with Gasteiger partial charge in [-0.2, -0.15) is 4.31 Å². The number of hydrogen-bond acceptors (Lipinski definition) is 4. The monoisotopic (exact) mass is 397 g/mol. The predicted molar refractivity (Wildman–Crippen MR) is 105 cm³/mol. The van der Waals surface area contributed by atoms with Gasteiger partial charge < -0.3 is 9.47 Å². The number of sulfonamides is 1. The minimum atomic E-state index is -3.67. The Bertz CT molecular complexity index is 793. The third kappa shape index (κ3) is 4.99. The van der Waals surface area contributed by atoms with E-state index in [2.05, 4.69) is 0 Å². The molecule has 0 spiro atoms. The highest BCUT2D eigenvalue weighted by Crippen LogP contribution is 2.23. The Labute approximate surface area is 162 Å². The highest BCUT2D eigenvalue weighted by molar-refractivity contribution is 7.89. The summed E-state index contributed by atoms with van der Waals surface area (Å²) in [5.41, 5.74) is -0.374. The van der Waals surface area contributed by atoms with Gasteiger partial charge in [-0.15, -0.1) is 0 Å². The van der Waals surface area contributed by atoms with Crippen LogP contribution in [0.15, 0.2) is 28.0 Å². The number of carbonyl (C=O) groups is 1. The normalized spacial score (nSPS) is 15.9. The minimum absolute atomic E-state index is 0.0410. The Morgan fingerprint density at radius 1 is 1.07 bits per heavy atom. The standard InChI is InChI=1S/C19H31N3O4S/c1-4-21(5-2)27(25,26)17-12-13-18(23)20(14-17)15-19(24)22(6-3)16-10-8-7-9-11-16/h12-14,16H,4-11,15H2,1-3H3. The Balaban J connectivity index is 2.25. The van der Waals surface area contributed by atoms with E-state index in [0.29, 0.717) is 19.6 Å². The molecule has 8 heteroatoms. The molecule has 152 valence electrons. The van der Waals surface area contributed by atoms with Crippen molar-refractivity contribution in [3.8, 4) is 0 Å². The first-order valence-electron chi connectivity index (χ1n) is 9.85. The van der Waals surface area contributed by atoms with E-state index in [0.717, 1.165) is 25.7 Å². The largest absolute Gasteiger partial charge is 0.338 e. The van der Waals surface area contributed by atoms with E-state index in [-0.39, 0.29) is 28.9 Å². The fourth-order valence-electron chi connectivity index (χ4n) is 3.77. The van der Waals surface area contributed by atoms with Gasteiger partial charge in [0, 0.05) is 37.9 Å². The summed E-state index contributed by atoms with van der Waals surface area (Å²) < 4.78 is 27.9. The van der Waals surface area contributed by atoms with Gasteiger partial charge in [-0.1, -0.05) is 33.1 Å². The summed E-state index contributed by atoms with van der Waals surface area (Å²) in [7, 11) is -3.67. The van der Waals surface area contributed by atoms with Crippen LogP contribution in [-0.2, 0) is 21.4 Å². The van der Waals surface area contributed by atoms with Crippen molar-refractivity contribution in [3.05, 3.63) is 28.7 Å². The van der Waals surface area contributed by atoms with Crippen molar-refractivity contribution in [2.45, 2.75) is 70.4 Å². The van der Waals surface area contributed by atoms with E-state index in [1.165, 1.54) is 33.6 Å². The highest BCUT2D eigenvalue weighted by Gasteiger charge is 2.26. The van der Waals surface area contributed by atoms with E-state index in [4.69, 9.17) is 0 Å². The second kappa shape index (κ2) is 9.50. The lowest BCUT2D eigenvalue weighted by Gasteiger charge is -2.33. The zero-order valence-corrected chi connectivity index (χ0v) is 17.4. The van der Waals surface area contributed by atoms with Gasteiger partial charge in [0.2, 0.25) is 15.9 Å². The third-order valence-electron chi connectivity index (χ3n) is 5.28. The maximum Gasteiger partial charge on any atom is 0.251 e. The summed E-state index contributed by atoms with van der Waals surface area (Å²) in [5, 5.41) is 0. The van der Waals surface area contributed by atoms with Crippen LogP contribution in [-0.4, -0.2) is 53.8 Å². The third-order valence-corrected chi connectivity index (χ3v) is 7.32. The summed E-state index contributed by atoms with van der Waals surface area (Å²) in [5.74, 6) is -0.135. The van der Waals surface area contributed by atoms with Crippen LogP contribution in [0.5, 0.6) is 0 Å². The number of rotatable bonds is 8. The Hall–Kier alpha value is -1.67. The maximum absolute atomic E-state index is 12.8. The van der Waals surface area contributed by atoms with Crippen LogP contribution in [0.1, 0.15) is 52.9 Å². The summed E-state index contributed by atoms with van der Waals surface area (Å²) in [4.78, 5) is 26.9. The van der Waals surface area contributed by atoms with Gasteiger partial charge in [-0.25, -0.2) is 8.42 Å². The Kier molecular flexibility index (Phi) is 7.61. The minimum Gasteiger partial charge on any atom is -0.338 e. The lowest BCUT2D eigenvalue weighted by molar-refractivity contribution is -0.134. The fourth-order valence-corrected chi connectivity index (χ4v) is 5.24. The van der Waals surface area contributed by atoms with Gasteiger partial charge in [0.1, 0.15) is 6.54 Å². The van der Waals surface area contributed by atoms with Crippen LogP contribution in [0, 0.1) is 0 Å². The van der Waals surface area contributed by atoms with E-state index < -0.39 is 10.0 Å². The molecule has 1 saturated carbocycles. The molecule has 27 heavy (non-hydrogen) atoms. The number of likely N-dealkylation sites (N-methyl/N-ethyl adjacent to an activating group) is 1. The molecule has 1 amide bonds. The van der Waals surface area contributed by atoms with Gasteiger partial charge >= 0.3 is 0 Å². The van der Waals surface area contributed by atoms with Gasteiger partial charge in [0.25, 0.3) is 5.56 Å². The first-order chi connectivity index (χ1) is 12.8. The number of pyridine rings is 1. The van der Waals surface area contributed by atoms with Crippen LogP contribution < -0.4 is 5.56 Å². The fraction of sp³-hybridized carbons (Fsp3) is 0.684. The number of amides is 1. The molecule has 0 saturated heterocycles. The Morgan fingerprint density at radius 2 is 1.70 bits per heavy atom. The molecule has 1 aliphatic rings. The zero-order valence-electron chi connectivity index (χ0n) is 16.6. The first-order valence-corrected chi connectivity index (χ1v) is 11.3. The average molecular weight is 398 g/mol. The molecule has 2 rings (SSSR count). The van der Waals surface area contributed by atoms with E-state index in [1.807, 2.05) is 11.8 Å². The van der Waals surface area contributed by atoms with E-state index >= 15 is 0 Å². The smallest absolute Gasteiger partial charge is 0.251 e. The molecule has 7 nitrogen and oxygen atoms in total. The van der Waals surface area contributed by atoms with Gasteiger partial charge in [0.05, 0.1) is 4.90 Å². The van der Waals surface area contributed by atoms with Crippen molar-refractivity contribution in [2.75, 3.05) is 19.6 Å². The molecule has 0 radical (unpaired) electrons. The molecular weight excluding hydrogens is 366 g/mol. The van der Waals surface area contributed by atoms with Crippen LogP contribution in [0.25, 0.3) is 0 Å². The maximum atomic E-state index is 12.8. The van der Waals surface area contributed by atoms with Crippen molar-refractivity contribution >= 4 is 15.9 Å². The van der Waals surface area contributed by atoms with Gasteiger partial charge in [-0.3, -0.25) is 9.59 Å². The number of nitrogens with zero attached hydrogens (tertiary/aromatic N) is 3. The van der Waals surface area contributed by atoms with Crippen molar-refractivity contribution in [2.24, 2.45) is 0 Å². The van der Waals surface area contributed by atoms with Crippen LogP contribution in [0.2, 0.25) is 0 Å². The topological polar surface area (TPSA) is 79.7 Å². The van der Waals surface area contributed by atoms with E-state index in [9.17, 15) is 18.0 Å². The summed E-state index contributed by atoms with van der Waals surface area (Å²) >= 11 is 0. The molecule has 0 atom stereocenters. The molecule has 0 aliphatic heterocycles. The Morgan fingerprint density at radius 3 is 2.26 bits per heavy atom. The van der Waals surface area contributed by atoms with E-state index in [1.54, 1.807) is 13.8 Å². The van der Waals surface area contributed by atoms with Crippen LogP contribution >= 0.6 is 0 Å². The molecule has 1 fully saturated rings. The number of aromatic nitrogens is 1. The molecule has 0 unspecified atom stereocenters. The summed E-state index contributed by atoms with van der Waals surface area (Å²) in [6, 6.07) is 2.76. The second-order valence-electron chi connectivity index (χ2n) is 6.89. The lowest BCUT2D eigenvalue weighted by atomic mass is 9.94. The van der Waals surface area contributed by atoms with Gasteiger partial charge in [0.15, 0.2) is 0 Å². The lowest BCUT2D eigenvalue weighted by Crippen LogP contribution is -2.44. The molecule has 0 bridgehead atoms. The number of carbonyl (C=O) groups excluding carboxylic acids is 1. The van der Waals surface area contributed by atoms with Crippen LogP contribution in [0.3, 0.4) is 0 Å². The number of hydrogen-bond donors (Lipinski definition) is 0. The quantitative estimate of drug-likeness (QED) is 0.672. The molecule has 1 aromatic rings. The molecule has 0 N–H and O–H groups in total. The SMILES string of the molecule is CCN(C(=O)Cn1cc(S(=O)(=O)N(CC)CC)ccc1=O)C1CCCCC1. The zero-order chi connectivity index (χ0) is 20.0.